The second-order valence-corrected chi connectivity index (χ2v) is 4.69. The Morgan fingerprint density at radius 2 is 1.61 bits per heavy atom. The molecule has 0 saturated carbocycles. The monoisotopic (exact) mass is 300 g/mol. The Kier molecular flexibility index (Phi) is 2.94. The molecule has 4 heteroatoms. The highest BCUT2D eigenvalue weighted by Crippen LogP contribution is 2.26. The van der Waals surface area contributed by atoms with Crippen LogP contribution in [0.15, 0.2) is 63.9 Å². The fraction of sp³-hybridized carbons (Fsp3) is 0. The zero-order valence-electron chi connectivity index (χ0n) is 9.38. The number of oxazole rings is 1. The van der Waals surface area contributed by atoms with Gasteiger partial charge in [-0.1, -0.05) is 28.1 Å². The van der Waals surface area contributed by atoms with Crippen molar-refractivity contribution >= 4 is 15.9 Å². The highest BCUT2D eigenvalue weighted by molar-refractivity contribution is 9.10. The summed E-state index contributed by atoms with van der Waals surface area (Å²) >= 11 is 3.41. The SMILES string of the molecule is Brc1ccc(-c2cnc(-c3ccncc3)o2)cc1. The quantitative estimate of drug-likeness (QED) is 0.713. The Bertz CT molecular complexity index is 647. The topological polar surface area (TPSA) is 38.9 Å². The smallest absolute Gasteiger partial charge is 0.226 e. The molecule has 0 aliphatic rings. The van der Waals surface area contributed by atoms with Gasteiger partial charge in [0.15, 0.2) is 5.76 Å². The minimum atomic E-state index is 0.607. The lowest BCUT2D eigenvalue weighted by molar-refractivity contribution is 0.588. The predicted octanol–water partition coefficient (Wildman–Crippen LogP) is 4.17. The molecule has 0 atom stereocenters. The van der Waals surface area contributed by atoms with E-state index in [1.165, 1.54) is 0 Å². The number of hydrogen-bond acceptors (Lipinski definition) is 3. The summed E-state index contributed by atoms with van der Waals surface area (Å²) in [6.45, 7) is 0. The summed E-state index contributed by atoms with van der Waals surface area (Å²) in [6, 6.07) is 11.7. The van der Waals surface area contributed by atoms with Gasteiger partial charge in [-0.25, -0.2) is 4.98 Å². The molecule has 1 aromatic carbocycles. The molecule has 0 unspecified atom stereocenters. The van der Waals surface area contributed by atoms with Crippen LogP contribution >= 0.6 is 15.9 Å². The molecule has 3 nitrogen and oxygen atoms in total. The van der Waals surface area contributed by atoms with Crippen LogP contribution in [0.2, 0.25) is 0 Å². The van der Waals surface area contributed by atoms with Gasteiger partial charge in [-0.2, -0.15) is 0 Å². The molecule has 0 amide bonds. The standard InChI is InChI=1S/C14H9BrN2O/c15-12-3-1-10(2-4-12)13-9-17-14(18-13)11-5-7-16-8-6-11/h1-9H. The first-order chi connectivity index (χ1) is 8.83. The maximum absolute atomic E-state index is 5.74. The Hall–Kier alpha value is -1.94. The molecule has 0 saturated heterocycles. The first-order valence-corrected chi connectivity index (χ1v) is 6.24. The lowest BCUT2D eigenvalue weighted by Gasteiger charge is -1.96. The predicted molar refractivity (Wildman–Crippen MR) is 72.9 cm³/mol. The van der Waals surface area contributed by atoms with Crippen molar-refractivity contribution in [2.45, 2.75) is 0 Å². The zero-order chi connectivity index (χ0) is 12.4. The van der Waals surface area contributed by atoms with Crippen LogP contribution < -0.4 is 0 Å². The van der Waals surface area contributed by atoms with Gasteiger partial charge in [0.2, 0.25) is 5.89 Å². The van der Waals surface area contributed by atoms with Gasteiger partial charge in [0.25, 0.3) is 0 Å². The zero-order valence-corrected chi connectivity index (χ0v) is 11.0. The Morgan fingerprint density at radius 1 is 0.889 bits per heavy atom. The number of hydrogen-bond donors (Lipinski definition) is 0. The van der Waals surface area contributed by atoms with Crippen LogP contribution in [0.5, 0.6) is 0 Å². The third kappa shape index (κ3) is 2.19. The summed E-state index contributed by atoms with van der Waals surface area (Å²) in [4.78, 5) is 8.25. The van der Waals surface area contributed by atoms with Crippen LogP contribution in [-0.2, 0) is 0 Å². The van der Waals surface area contributed by atoms with Crippen molar-refractivity contribution in [3.05, 3.63) is 59.5 Å². The Balaban J connectivity index is 1.97. The minimum absolute atomic E-state index is 0.607. The molecule has 88 valence electrons. The van der Waals surface area contributed by atoms with E-state index in [4.69, 9.17) is 4.42 Å². The Labute approximate surface area is 113 Å². The van der Waals surface area contributed by atoms with Gasteiger partial charge < -0.3 is 4.42 Å². The summed E-state index contributed by atoms with van der Waals surface area (Å²) in [5.74, 6) is 1.37. The molecular formula is C14H9BrN2O. The number of aromatic nitrogens is 2. The van der Waals surface area contributed by atoms with Crippen LogP contribution in [0.3, 0.4) is 0 Å². The normalized spacial score (nSPS) is 10.5. The van der Waals surface area contributed by atoms with Crippen molar-refractivity contribution in [2.75, 3.05) is 0 Å². The van der Waals surface area contributed by atoms with E-state index in [0.29, 0.717) is 5.89 Å². The number of nitrogens with zero attached hydrogens (tertiary/aromatic N) is 2. The fourth-order valence-electron chi connectivity index (χ4n) is 1.65. The van der Waals surface area contributed by atoms with Crippen LogP contribution in [0.1, 0.15) is 0 Å². The molecule has 0 aliphatic heterocycles. The average Bonchev–Trinajstić information content (AvgIpc) is 2.90. The summed E-state index contributed by atoms with van der Waals surface area (Å²) in [7, 11) is 0. The molecule has 0 fully saturated rings. The molecule has 0 aliphatic carbocycles. The maximum Gasteiger partial charge on any atom is 0.226 e. The fourth-order valence-corrected chi connectivity index (χ4v) is 1.91. The highest BCUT2D eigenvalue weighted by Gasteiger charge is 2.07. The van der Waals surface area contributed by atoms with Crippen molar-refractivity contribution < 1.29 is 4.42 Å². The number of rotatable bonds is 2. The summed E-state index contributed by atoms with van der Waals surface area (Å²) in [6.07, 6.45) is 5.18. The van der Waals surface area contributed by atoms with Gasteiger partial charge in [0.1, 0.15) is 0 Å². The van der Waals surface area contributed by atoms with E-state index >= 15 is 0 Å². The van der Waals surface area contributed by atoms with E-state index in [9.17, 15) is 0 Å². The van der Waals surface area contributed by atoms with Crippen molar-refractivity contribution in [2.24, 2.45) is 0 Å². The summed E-state index contributed by atoms with van der Waals surface area (Å²) in [5, 5.41) is 0. The molecule has 2 aromatic heterocycles. The van der Waals surface area contributed by atoms with E-state index in [-0.39, 0.29) is 0 Å². The largest absolute Gasteiger partial charge is 0.436 e. The van der Waals surface area contributed by atoms with E-state index < -0.39 is 0 Å². The second-order valence-electron chi connectivity index (χ2n) is 3.77. The lowest BCUT2D eigenvalue weighted by atomic mass is 10.2. The van der Waals surface area contributed by atoms with Gasteiger partial charge in [-0.05, 0) is 24.3 Å². The minimum Gasteiger partial charge on any atom is -0.436 e. The number of pyridine rings is 1. The van der Waals surface area contributed by atoms with E-state index in [1.54, 1.807) is 18.6 Å². The molecule has 3 aromatic rings. The van der Waals surface area contributed by atoms with E-state index in [2.05, 4.69) is 25.9 Å². The van der Waals surface area contributed by atoms with Crippen LogP contribution in [0.25, 0.3) is 22.8 Å². The number of benzene rings is 1. The van der Waals surface area contributed by atoms with E-state index in [1.807, 2.05) is 36.4 Å². The molecule has 0 N–H and O–H groups in total. The first-order valence-electron chi connectivity index (χ1n) is 5.45. The van der Waals surface area contributed by atoms with Gasteiger partial charge in [0, 0.05) is 28.0 Å². The maximum atomic E-state index is 5.74. The van der Waals surface area contributed by atoms with Crippen LogP contribution in [0, 0.1) is 0 Å². The van der Waals surface area contributed by atoms with Gasteiger partial charge in [-0.15, -0.1) is 0 Å². The second kappa shape index (κ2) is 4.74. The van der Waals surface area contributed by atoms with Crippen molar-refractivity contribution in [3.8, 4) is 22.8 Å². The van der Waals surface area contributed by atoms with Crippen molar-refractivity contribution in [1.29, 1.82) is 0 Å². The molecule has 2 heterocycles. The van der Waals surface area contributed by atoms with Gasteiger partial charge in [-0.3, -0.25) is 4.98 Å². The average molecular weight is 301 g/mol. The highest BCUT2D eigenvalue weighted by atomic mass is 79.9. The van der Waals surface area contributed by atoms with Gasteiger partial charge in [0.05, 0.1) is 6.20 Å². The third-order valence-electron chi connectivity index (χ3n) is 2.56. The van der Waals surface area contributed by atoms with Crippen molar-refractivity contribution in [1.82, 2.24) is 9.97 Å². The molecule has 0 radical (unpaired) electrons. The summed E-state index contributed by atoms with van der Waals surface area (Å²) in [5.41, 5.74) is 1.93. The molecular weight excluding hydrogens is 292 g/mol. The van der Waals surface area contributed by atoms with Crippen LogP contribution in [-0.4, -0.2) is 9.97 Å². The van der Waals surface area contributed by atoms with Crippen LogP contribution in [0.4, 0.5) is 0 Å². The first kappa shape index (κ1) is 11.2. The van der Waals surface area contributed by atoms with Gasteiger partial charge >= 0.3 is 0 Å². The molecule has 0 spiro atoms. The van der Waals surface area contributed by atoms with E-state index in [0.717, 1.165) is 21.4 Å². The third-order valence-corrected chi connectivity index (χ3v) is 3.09. The number of halogens is 1. The molecule has 18 heavy (non-hydrogen) atoms. The lowest BCUT2D eigenvalue weighted by Crippen LogP contribution is -1.76. The molecule has 3 rings (SSSR count). The Morgan fingerprint density at radius 3 is 2.33 bits per heavy atom. The van der Waals surface area contributed by atoms with Crippen molar-refractivity contribution in [3.63, 3.8) is 0 Å². The molecule has 0 bridgehead atoms. The summed E-state index contributed by atoms with van der Waals surface area (Å²) < 4.78 is 6.78.